The first-order valence-corrected chi connectivity index (χ1v) is 5.84. The van der Waals surface area contributed by atoms with Crippen molar-refractivity contribution in [2.45, 2.75) is 38.6 Å². The number of rotatable bonds is 8. The first-order chi connectivity index (χ1) is 8.74. The maximum Gasteiger partial charge on any atom is 0.366 e. The van der Waals surface area contributed by atoms with Crippen molar-refractivity contribution in [1.29, 1.82) is 0 Å². The minimum atomic E-state index is -2.58. The van der Waals surface area contributed by atoms with Gasteiger partial charge in [0.05, 0.1) is 6.61 Å². The molecule has 110 valence electrons. The fraction of sp³-hybridized carbons (Fsp3) is 0.667. The Labute approximate surface area is 111 Å². The van der Waals surface area contributed by atoms with Crippen LogP contribution in [0.4, 0.5) is 0 Å². The van der Waals surface area contributed by atoms with E-state index in [0.29, 0.717) is 6.42 Å². The van der Waals surface area contributed by atoms with Crippen LogP contribution < -0.4 is 0 Å². The van der Waals surface area contributed by atoms with Gasteiger partial charge in [0.2, 0.25) is 0 Å². The third-order valence-electron chi connectivity index (χ3n) is 2.15. The molecule has 0 rings (SSSR count). The second kappa shape index (κ2) is 7.88. The van der Waals surface area contributed by atoms with Gasteiger partial charge in [0.25, 0.3) is 5.79 Å². The third kappa shape index (κ3) is 6.32. The Morgan fingerprint density at radius 1 is 1.37 bits per heavy atom. The summed E-state index contributed by atoms with van der Waals surface area (Å²) in [6.45, 7) is 5.41. The Hall–Kier alpha value is -1.44. The lowest BCUT2D eigenvalue weighted by atomic mass is 10.1. The van der Waals surface area contributed by atoms with Gasteiger partial charge < -0.3 is 24.8 Å². The molecule has 0 aliphatic carbocycles. The molecule has 7 nitrogen and oxygen atoms in total. The van der Waals surface area contributed by atoms with Crippen molar-refractivity contribution in [3.63, 3.8) is 0 Å². The van der Waals surface area contributed by atoms with Gasteiger partial charge in [-0.05, 0) is 6.92 Å². The van der Waals surface area contributed by atoms with Crippen LogP contribution in [0.3, 0.4) is 0 Å². The molecular formula is C12H20O7. The number of aliphatic hydroxyl groups excluding tert-OH is 1. The van der Waals surface area contributed by atoms with E-state index in [1.54, 1.807) is 6.92 Å². The number of aliphatic hydroxyl groups is 3. The lowest BCUT2D eigenvalue weighted by Crippen LogP contribution is -2.41. The first kappa shape index (κ1) is 17.6. The summed E-state index contributed by atoms with van der Waals surface area (Å²) >= 11 is 0. The van der Waals surface area contributed by atoms with Gasteiger partial charge in [0, 0.05) is 12.0 Å². The largest absolute Gasteiger partial charge is 0.458 e. The zero-order chi connectivity index (χ0) is 15.1. The molecule has 1 atom stereocenters. The molecule has 1 unspecified atom stereocenters. The predicted octanol–water partition coefficient (Wildman–Crippen LogP) is -0.509. The van der Waals surface area contributed by atoms with Crippen LogP contribution in [0.1, 0.15) is 26.7 Å². The molecule has 3 N–H and O–H groups in total. The molecule has 0 fully saturated rings. The van der Waals surface area contributed by atoms with Gasteiger partial charge in [-0.25, -0.2) is 9.59 Å². The Morgan fingerprint density at radius 3 is 2.37 bits per heavy atom. The summed E-state index contributed by atoms with van der Waals surface area (Å²) in [7, 11) is 0. The van der Waals surface area contributed by atoms with E-state index in [9.17, 15) is 19.8 Å². The van der Waals surface area contributed by atoms with Gasteiger partial charge in [0.1, 0.15) is 6.61 Å². The highest BCUT2D eigenvalue weighted by Gasteiger charge is 2.34. The van der Waals surface area contributed by atoms with Crippen molar-refractivity contribution < 1.29 is 34.4 Å². The molecule has 0 bridgehead atoms. The van der Waals surface area contributed by atoms with Crippen LogP contribution in [0, 0.1) is 0 Å². The van der Waals surface area contributed by atoms with Crippen molar-refractivity contribution in [3.8, 4) is 0 Å². The van der Waals surface area contributed by atoms with Crippen LogP contribution in [-0.4, -0.2) is 52.4 Å². The van der Waals surface area contributed by atoms with Gasteiger partial charge in [0.15, 0.2) is 6.10 Å². The average molecular weight is 276 g/mol. The Morgan fingerprint density at radius 2 is 1.95 bits per heavy atom. The Balaban J connectivity index is 4.32. The van der Waals surface area contributed by atoms with Crippen molar-refractivity contribution in [1.82, 2.24) is 0 Å². The van der Waals surface area contributed by atoms with Gasteiger partial charge >= 0.3 is 11.9 Å². The van der Waals surface area contributed by atoms with Crippen LogP contribution in [0.25, 0.3) is 0 Å². The zero-order valence-corrected chi connectivity index (χ0v) is 11.1. The summed E-state index contributed by atoms with van der Waals surface area (Å²) in [4.78, 5) is 22.5. The number of carbonyl (C=O) groups excluding carboxylic acids is 2. The molecule has 0 aromatic rings. The summed E-state index contributed by atoms with van der Waals surface area (Å²) in [5, 5.41) is 27.6. The minimum Gasteiger partial charge on any atom is -0.458 e. The lowest BCUT2D eigenvalue weighted by molar-refractivity contribution is -0.214. The van der Waals surface area contributed by atoms with Crippen LogP contribution in [0.15, 0.2) is 12.2 Å². The van der Waals surface area contributed by atoms with Crippen LogP contribution in [0.2, 0.25) is 0 Å². The van der Waals surface area contributed by atoms with E-state index in [0.717, 1.165) is 0 Å². The van der Waals surface area contributed by atoms with Crippen LogP contribution >= 0.6 is 0 Å². The van der Waals surface area contributed by atoms with Gasteiger partial charge in [-0.15, -0.1) is 0 Å². The molecule has 0 aliphatic heterocycles. The highest BCUT2D eigenvalue weighted by atomic mass is 16.6. The molecule has 0 aliphatic rings. The number of esters is 2. The average Bonchev–Trinajstić information content (AvgIpc) is 2.33. The van der Waals surface area contributed by atoms with Crippen molar-refractivity contribution in [2.75, 3.05) is 13.2 Å². The van der Waals surface area contributed by atoms with Gasteiger partial charge in [-0.2, -0.15) is 0 Å². The zero-order valence-electron chi connectivity index (χ0n) is 11.1. The second-order valence-electron chi connectivity index (χ2n) is 4.16. The van der Waals surface area contributed by atoms with Crippen molar-refractivity contribution in [2.24, 2.45) is 0 Å². The molecular weight excluding hydrogens is 256 g/mol. The van der Waals surface area contributed by atoms with Crippen molar-refractivity contribution >= 4 is 11.9 Å². The minimum absolute atomic E-state index is 0.134. The summed E-state index contributed by atoms with van der Waals surface area (Å²) in [5.41, 5.74) is 0.134. The number of hydrogen-bond acceptors (Lipinski definition) is 7. The lowest BCUT2D eigenvalue weighted by Gasteiger charge is -2.21. The van der Waals surface area contributed by atoms with Crippen molar-refractivity contribution in [3.05, 3.63) is 12.2 Å². The molecule has 0 spiro atoms. The quantitative estimate of drug-likeness (QED) is 0.311. The van der Waals surface area contributed by atoms with E-state index >= 15 is 0 Å². The topological polar surface area (TPSA) is 113 Å². The molecule has 0 amide bonds. The monoisotopic (exact) mass is 276 g/mol. The highest BCUT2D eigenvalue weighted by Crippen LogP contribution is 2.11. The maximum atomic E-state index is 11.3. The third-order valence-corrected chi connectivity index (χ3v) is 2.15. The van der Waals surface area contributed by atoms with Crippen LogP contribution in [0.5, 0.6) is 0 Å². The molecule has 7 heteroatoms. The summed E-state index contributed by atoms with van der Waals surface area (Å²) < 4.78 is 9.34. The second-order valence-corrected chi connectivity index (χ2v) is 4.16. The Bertz CT molecular complexity index is 335. The first-order valence-electron chi connectivity index (χ1n) is 5.84. The van der Waals surface area contributed by atoms with Crippen LogP contribution in [-0.2, 0) is 19.1 Å². The summed E-state index contributed by atoms with van der Waals surface area (Å²) in [6.07, 6.45) is -0.886. The van der Waals surface area contributed by atoms with E-state index in [2.05, 4.69) is 11.3 Å². The van der Waals surface area contributed by atoms with E-state index < -0.39 is 37.0 Å². The van der Waals surface area contributed by atoms with E-state index in [-0.39, 0.29) is 12.0 Å². The highest BCUT2D eigenvalue weighted by molar-refractivity contribution is 5.87. The SMILES string of the molecule is C=C(C)C(=O)OC(CO)COC(=O)C(O)(O)CCC. The van der Waals surface area contributed by atoms with E-state index in [4.69, 9.17) is 9.84 Å². The molecule has 0 aromatic heterocycles. The molecule has 0 heterocycles. The van der Waals surface area contributed by atoms with Gasteiger partial charge in [-0.1, -0.05) is 19.9 Å². The van der Waals surface area contributed by atoms with E-state index in [1.807, 2.05) is 0 Å². The molecule has 0 radical (unpaired) electrons. The fourth-order valence-corrected chi connectivity index (χ4v) is 1.11. The Kier molecular flexibility index (Phi) is 7.28. The standard InChI is InChI=1S/C12H20O7/c1-4-5-12(16,17)11(15)18-7-9(6-13)19-10(14)8(2)3/h9,13,16-17H,2,4-7H2,1,3H3. The number of hydrogen-bond donors (Lipinski definition) is 3. The van der Waals surface area contributed by atoms with Gasteiger partial charge in [-0.3, -0.25) is 0 Å². The smallest absolute Gasteiger partial charge is 0.366 e. The summed E-state index contributed by atoms with van der Waals surface area (Å²) in [6, 6.07) is 0. The fourth-order valence-electron chi connectivity index (χ4n) is 1.11. The number of carbonyl (C=O) groups is 2. The molecule has 0 saturated heterocycles. The molecule has 0 saturated carbocycles. The molecule has 0 aromatic carbocycles. The maximum absolute atomic E-state index is 11.3. The predicted molar refractivity (Wildman–Crippen MR) is 64.8 cm³/mol. The number of ether oxygens (including phenoxy) is 2. The van der Waals surface area contributed by atoms with E-state index in [1.165, 1.54) is 6.92 Å². The summed E-state index contributed by atoms with van der Waals surface area (Å²) in [5.74, 6) is -4.56. The normalized spacial score (nSPS) is 12.7. The molecule has 19 heavy (non-hydrogen) atoms.